The Morgan fingerprint density at radius 3 is 1.25 bits per heavy atom. The van der Waals surface area contributed by atoms with Gasteiger partial charge in [0.25, 0.3) is 0 Å². The third-order valence-corrected chi connectivity index (χ3v) is 8.06. The average molecular weight is 617 g/mol. The molecule has 0 bridgehead atoms. The molecule has 0 radical (unpaired) electrons. The van der Waals surface area contributed by atoms with Gasteiger partial charge in [-0.05, 0) is 58.7 Å². The first kappa shape index (κ1) is 28.8. The van der Waals surface area contributed by atoms with E-state index in [9.17, 15) is 0 Å². The van der Waals surface area contributed by atoms with E-state index in [4.69, 9.17) is 24.9 Å². The Morgan fingerprint density at radius 1 is 0.250 bits per heavy atom. The quantitative estimate of drug-likeness (QED) is 0.177. The minimum absolute atomic E-state index is 0.619. The van der Waals surface area contributed by atoms with Gasteiger partial charge in [-0.2, -0.15) is 0 Å². The molecule has 0 fully saturated rings. The molecule has 0 amide bonds. The number of hydrogen-bond acceptors (Lipinski definition) is 6. The molecule has 0 unspecified atom stereocenters. The summed E-state index contributed by atoms with van der Waals surface area (Å²) in [6, 6.07) is 52.7. The largest absolute Gasteiger partial charge is 0.255 e. The van der Waals surface area contributed by atoms with Crippen LogP contribution < -0.4 is 0 Å². The highest BCUT2D eigenvalue weighted by Gasteiger charge is 2.14. The number of benzene rings is 4. The first-order valence-corrected chi connectivity index (χ1v) is 15.7. The van der Waals surface area contributed by atoms with Crippen molar-refractivity contribution in [3.05, 3.63) is 170 Å². The van der Waals surface area contributed by atoms with Crippen molar-refractivity contribution < 1.29 is 0 Å². The van der Waals surface area contributed by atoms with Gasteiger partial charge >= 0.3 is 0 Å². The smallest absolute Gasteiger partial charge is 0.164 e. The molecule has 0 N–H and O–H groups in total. The lowest BCUT2D eigenvalue weighted by Gasteiger charge is -2.11. The van der Waals surface area contributed by atoms with Gasteiger partial charge in [0.05, 0.1) is 22.8 Å². The van der Waals surface area contributed by atoms with Crippen molar-refractivity contribution >= 4 is 0 Å². The number of hydrogen-bond donors (Lipinski definition) is 0. The summed E-state index contributed by atoms with van der Waals surface area (Å²) in [5.74, 6) is 1.89. The lowest BCUT2D eigenvalue weighted by atomic mass is 10.0. The minimum Gasteiger partial charge on any atom is -0.255 e. The van der Waals surface area contributed by atoms with Crippen LogP contribution in [0, 0.1) is 0 Å². The topological polar surface area (TPSA) is 77.3 Å². The molecule has 4 aromatic carbocycles. The second-order valence-electron chi connectivity index (χ2n) is 11.3. The van der Waals surface area contributed by atoms with Crippen LogP contribution in [0.5, 0.6) is 0 Å². The fourth-order valence-corrected chi connectivity index (χ4v) is 5.60. The van der Waals surface area contributed by atoms with E-state index in [1.807, 2.05) is 109 Å². The predicted molar refractivity (Wildman–Crippen MR) is 191 cm³/mol. The highest BCUT2D eigenvalue weighted by Crippen LogP contribution is 2.32. The van der Waals surface area contributed by atoms with E-state index in [0.717, 1.165) is 61.7 Å². The number of aromatic nitrogens is 6. The summed E-state index contributed by atoms with van der Waals surface area (Å²) in [5, 5.41) is 0. The van der Waals surface area contributed by atoms with E-state index < -0.39 is 0 Å². The van der Waals surface area contributed by atoms with Crippen LogP contribution in [0.3, 0.4) is 0 Å². The highest BCUT2D eigenvalue weighted by atomic mass is 15.0. The van der Waals surface area contributed by atoms with E-state index in [-0.39, 0.29) is 0 Å². The highest BCUT2D eigenvalue weighted by molar-refractivity contribution is 5.77. The number of nitrogens with zero attached hydrogens (tertiary/aromatic N) is 6. The molecule has 4 aromatic heterocycles. The third kappa shape index (κ3) is 6.10. The first-order valence-electron chi connectivity index (χ1n) is 15.7. The third-order valence-electron chi connectivity index (χ3n) is 8.06. The zero-order chi connectivity index (χ0) is 32.1. The van der Waals surface area contributed by atoms with Gasteiger partial charge in [-0.3, -0.25) is 9.97 Å². The monoisotopic (exact) mass is 616 g/mol. The molecule has 0 aliphatic heterocycles. The van der Waals surface area contributed by atoms with Gasteiger partial charge in [0.15, 0.2) is 17.5 Å². The van der Waals surface area contributed by atoms with Gasteiger partial charge in [0.1, 0.15) is 0 Å². The van der Waals surface area contributed by atoms with Crippen LogP contribution in [0.25, 0.3) is 79.2 Å². The van der Waals surface area contributed by atoms with Gasteiger partial charge < -0.3 is 0 Å². The summed E-state index contributed by atoms with van der Waals surface area (Å²) in [7, 11) is 0. The number of pyridine rings is 3. The average Bonchev–Trinajstić information content (AvgIpc) is 3.19. The first-order chi connectivity index (χ1) is 23.8. The summed E-state index contributed by atoms with van der Waals surface area (Å²) in [5.41, 5.74) is 10.2. The summed E-state index contributed by atoms with van der Waals surface area (Å²) >= 11 is 0. The van der Waals surface area contributed by atoms with Crippen LogP contribution in [0.2, 0.25) is 0 Å². The molecule has 6 nitrogen and oxygen atoms in total. The molecular weight excluding hydrogens is 589 g/mol. The Hall–Kier alpha value is -6.66. The van der Waals surface area contributed by atoms with Crippen LogP contribution in [0.4, 0.5) is 0 Å². The molecule has 226 valence electrons. The Bertz CT molecular complexity index is 2190. The fraction of sp³-hybridized carbons (Fsp3) is 0. The molecule has 48 heavy (non-hydrogen) atoms. The van der Waals surface area contributed by atoms with Crippen molar-refractivity contribution in [2.24, 2.45) is 0 Å². The fourth-order valence-electron chi connectivity index (χ4n) is 5.60. The van der Waals surface area contributed by atoms with Crippen molar-refractivity contribution in [1.29, 1.82) is 0 Å². The summed E-state index contributed by atoms with van der Waals surface area (Å²) in [6.45, 7) is 0. The van der Waals surface area contributed by atoms with E-state index >= 15 is 0 Å². The van der Waals surface area contributed by atoms with Crippen LogP contribution in [0.1, 0.15) is 0 Å². The minimum atomic E-state index is 0.619. The molecule has 6 heteroatoms. The predicted octanol–water partition coefficient (Wildman–Crippen LogP) is 9.73. The van der Waals surface area contributed by atoms with E-state index in [2.05, 4.69) is 59.6 Å². The van der Waals surface area contributed by atoms with Gasteiger partial charge in [0, 0.05) is 29.1 Å². The second kappa shape index (κ2) is 13.0. The van der Waals surface area contributed by atoms with Crippen molar-refractivity contribution in [2.75, 3.05) is 0 Å². The normalized spacial score (nSPS) is 10.9. The van der Waals surface area contributed by atoms with Crippen LogP contribution in [-0.2, 0) is 0 Å². The summed E-state index contributed by atoms with van der Waals surface area (Å²) in [6.07, 6.45) is 3.62. The van der Waals surface area contributed by atoms with E-state index in [1.165, 1.54) is 0 Å². The Morgan fingerprint density at radius 2 is 0.688 bits per heavy atom. The Kier molecular flexibility index (Phi) is 7.79. The maximum absolute atomic E-state index is 5.01. The van der Waals surface area contributed by atoms with Gasteiger partial charge in [-0.25, -0.2) is 19.9 Å². The van der Waals surface area contributed by atoms with Crippen molar-refractivity contribution in [3.63, 3.8) is 0 Å². The summed E-state index contributed by atoms with van der Waals surface area (Å²) in [4.78, 5) is 28.9. The molecule has 8 rings (SSSR count). The zero-order valence-corrected chi connectivity index (χ0v) is 25.8. The number of rotatable bonds is 7. The molecule has 0 aliphatic carbocycles. The van der Waals surface area contributed by atoms with Gasteiger partial charge in [-0.15, -0.1) is 0 Å². The van der Waals surface area contributed by atoms with Crippen LogP contribution >= 0.6 is 0 Å². The zero-order valence-electron chi connectivity index (χ0n) is 25.8. The van der Waals surface area contributed by atoms with Crippen molar-refractivity contribution in [1.82, 2.24) is 29.9 Å². The molecule has 0 saturated heterocycles. The standard InChI is InChI=1S/C42H28N6/c1-4-12-29(13-5-1)35-27-38(36-18-10-11-24-43-36)45-39(28-35)37-26-34(23-25-44-37)30-19-21-33(22-20-30)42-47-40(31-14-6-2-7-15-31)46-41(48-42)32-16-8-3-9-17-32/h1-28H. The lowest BCUT2D eigenvalue weighted by Crippen LogP contribution is -2.00. The van der Waals surface area contributed by atoms with Gasteiger partial charge in [-0.1, -0.05) is 121 Å². The Labute approximate surface area is 278 Å². The SMILES string of the molecule is c1ccc(-c2cc(-c3ccccn3)nc(-c3cc(-c4ccc(-c5nc(-c6ccccc6)nc(-c6ccccc6)n5)cc4)ccn3)c2)cc1. The molecular formula is C42H28N6. The molecule has 0 spiro atoms. The second-order valence-corrected chi connectivity index (χ2v) is 11.3. The Balaban J connectivity index is 1.16. The molecule has 0 atom stereocenters. The van der Waals surface area contributed by atoms with E-state index in [0.29, 0.717) is 17.5 Å². The molecule has 0 saturated carbocycles. The lowest BCUT2D eigenvalue weighted by molar-refractivity contribution is 1.07. The van der Waals surface area contributed by atoms with Crippen LogP contribution in [0.15, 0.2) is 170 Å². The summed E-state index contributed by atoms with van der Waals surface area (Å²) < 4.78 is 0. The molecule has 8 aromatic rings. The maximum atomic E-state index is 5.01. The molecule has 0 aliphatic rings. The van der Waals surface area contributed by atoms with Crippen molar-refractivity contribution in [2.45, 2.75) is 0 Å². The van der Waals surface area contributed by atoms with Gasteiger partial charge in [0.2, 0.25) is 0 Å². The van der Waals surface area contributed by atoms with Crippen molar-refractivity contribution in [3.8, 4) is 79.2 Å². The maximum Gasteiger partial charge on any atom is 0.164 e. The molecule has 4 heterocycles. The van der Waals surface area contributed by atoms with Crippen LogP contribution in [-0.4, -0.2) is 29.9 Å². The van der Waals surface area contributed by atoms with E-state index in [1.54, 1.807) is 6.20 Å².